The Morgan fingerprint density at radius 1 is 1.22 bits per heavy atom. The Balaban J connectivity index is 2.24. The van der Waals surface area contributed by atoms with E-state index in [4.69, 9.17) is 10.5 Å². The monoisotopic (exact) mass is 240 g/mol. The molecule has 2 aromatic heterocycles. The predicted molar refractivity (Wildman–Crippen MR) is 69.4 cm³/mol. The molecule has 5 heteroatoms. The van der Waals surface area contributed by atoms with Crippen LogP contribution in [0.3, 0.4) is 0 Å². The number of nitrogens with zero attached hydrogens (tertiary/aromatic N) is 3. The highest BCUT2D eigenvalue weighted by atomic mass is 16.5. The maximum absolute atomic E-state index is 5.63. The summed E-state index contributed by atoms with van der Waals surface area (Å²) in [6.07, 6.45) is 1.82. The third-order valence-corrected chi connectivity index (χ3v) is 2.76. The molecule has 0 aliphatic carbocycles. The van der Waals surface area contributed by atoms with Crippen LogP contribution in [0.5, 0.6) is 5.75 Å². The molecule has 0 bridgehead atoms. The molecule has 0 atom stereocenters. The fourth-order valence-electron chi connectivity index (χ4n) is 1.94. The molecule has 0 saturated carbocycles. The lowest BCUT2D eigenvalue weighted by molar-refractivity contribution is 0.415. The summed E-state index contributed by atoms with van der Waals surface area (Å²) in [5.41, 5.74) is 8.36. The first-order valence-corrected chi connectivity index (χ1v) is 5.53. The van der Waals surface area contributed by atoms with Gasteiger partial charge in [0.05, 0.1) is 7.11 Å². The summed E-state index contributed by atoms with van der Waals surface area (Å²) in [6.45, 7) is 0. The van der Waals surface area contributed by atoms with Crippen molar-refractivity contribution in [3.63, 3.8) is 0 Å². The molecule has 3 rings (SSSR count). The van der Waals surface area contributed by atoms with Crippen LogP contribution >= 0.6 is 0 Å². The van der Waals surface area contributed by atoms with Gasteiger partial charge in [-0.05, 0) is 29.8 Å². The van der Waals surface area contributed by atoms with Crippen molar-refractivity contribution in [3.05, 3.63) is 42.6 Å². The second kappa shape index (κ2) is 4.03. The number of anilines is 1. The molecule has 0 aliphatic rings. The average Bonchev–Trinajstić information content (AvgIpc) is 2.78. The van der Waals surface area contributed by atoms with Crippen LogP contribution in [0, 0.1) is 0 Å². The highest BCUT2D eigenvalue weighted by Gasteiger charge is 2.08. The van der Waals surface area contributed by atoms with Gasteiger partial charge in [-0.25, -0.2) is 4.52 Å². The summed E-state index contributed by atoms with van der Waals surface area (Å²) < 4.78 is 6.90. The van der Waals surface area contributed by atoms with Crippen molar-refractivity contribution in [3.8, 4) is 16.9 Å². The molecule has 0 unspecified atom stereocenters. The van der Waals surface area contributed by atoms with Crippen LogP contribution in [0.25, 0.3) is 16.8 Å². The van der Waals surface area contributed by atoms with E-state index in [0.29, 0.717) is 0 Å². The van der Waals surface area contributed by atoms with Crippen molar-refractivity contribution < 1.29 is 4.74 Å². The van der Waals surface area contributed by atoms with E-state index in [0.717, 1.165) is 22.5 Å². The van der Waals surface area contributed by atoms with E-state index in [2.05, 4.69) is 10.1 Å². The topological polar surface area (TPSA) is 65.4 Å². The van der Waals surface area contributed by atoms with E-state index >= 15 is 0 Å². The quantitative estimate of drug-likeness (QED) is 0.744. The Morgan fingerprint density at radius 3 is 2.94 bits per heavy atom. The molecule has 2 N–H and O–H groups in total. The van der Waals surface area contributed by atoms with Gasteiger partial charge in [-0.15, -0.1) is 5.10 Å². The smallest absolute Gasteiger partial charge is 0.240 e. The first-order valence-electron chi connectivity index (χ1n) is 5.53. The molecule has 2 heterocycles. The molecular formula is C13H12N4O. The molecule has 18 heavy (non-hydrogen) atoms. The molecule has 90 valence electrons. The van der Waals surface area contributed by atoms with Gasteiger partial charge in [0, 0.05) is 11.8 Å². The van der Waals surface area contributed by atoms with Gasteiger partial charge in [-0.2, -0.15) is 4.98 Å². The van der Waals surface area contributed by atoms with Gasteiger partial charge < -0.3 is 10.5 Å². The fraction of sp³-hybridized carbons (Fsp3) is 0.0769. The molecular weight excluding hydrogens is 228 g/mol. The molecule has 1 aromatic carbocycles. The molecule has 0 amide bonds. The van der Waals surface area contributed by atoms with Crippen LogP contribution in [0.2, 0.25) is 0 Å². The number of pyridine rings is 1. The molecule has 0 fully saturated rings. The highest BCUT2D eigenvalue weighted by Crippen LogP contribution is 2.26. The average molecular weight is 240 g/mol. The van der Waals surface area contributed by atoms with E-state index in [9.17, 15) is 0 Å². The highest BCUT2D eigenvalue weighted by molar-refractivity contribution is 5.78. The largest absolute Gasteiger partial charge is 0.497 e. The Hall–Kier alpha value is -2.56. The zero-order chi connectivity index (χ0) is 12.5. The summed E-state index contributed by atoms with van der Waals surface area (Å²) in [6, 6.07) is 11.7. The number of benzene rings is 1. The Morgan fingerprint density at radius 2 is 2.11 bits per heavy atom. The van der Waals surface area contributed by atoms with Gasteiger partial charge in [-0.1, -0.05) is 12.1 Å². The van der Waals surface area contributed by atoms with Crippen molar-refractivity contribution in [1.29, 1.82) is 0 Å². The van der Waals surface area contributed by atoms with E-state index < -0.39 is 0 Å². The van der Waals surface area contributed by atoms with Gasteiger partial charge in [-0.3, -0.25) is 0 Å². The van der Waals surface area contributed by atoms with Gasteiger partial charge >= 0.3 is 0 Å². The minimum atomic E-state index is 0.269. The number of methoxy groups -OCH3 is 1. The number of ether oxygens (including phenoxy) is 1. The summed E-state index contributed by atoms with van der Waals surface area (Å²) in [5, 5.41) is 4.09. The van der Waals surface area contributed by atoms with Crippen LogP contribution in [0.1, 0.15) is 0 Å². The SMILES string of the molecule is COc1cccc(-c2cccn3nc(N)nc23)c1. The minimum absolute atomic E-state index is 0.269. The third kappa shape index (κ3) is 1.66. The number of nitrogens with two attached hydrogens (primary N) is 1. The number of nitrogen functional groups attached to an aromatic ring is 1. The van der Waals surface area contributed by atoms with Crippen LogP contribution < -0.4 is 10.5 Å². The maximum Gasteiger partial charge on any atom is 0.240 e. The predicted octanol–water partition coefficient (Wildman–Crippen LogP) is 1.99. The first kappa shape index (κ1) is 10.6. The standard InChI is InChI=1S/C13H12N4O/c1-18-10-5-2-4-9(8-10)11-6-3-7-17-12(11)15-13(14)16-17/h2-8H,1H3,(H2,14,16). The van der Waals surface area contributed by atoms with Gasteiger partial charge in [0.1, 0.15) is 5.75 Å². The normalized spacial score (nSPS) is 10.7. The van der Waals surface area contributed by atoms with E-state index in [-0.39, 0.29) is 5.95 Å². The van der Waals surface area contributed by atoms with E-state index in [1.165, 1.54) is 0 Å². The lowest BCUT2D eigenvalue weighted by Gasteiger charge is -2.05. The van der Waals surface area contributed by atoms with Gasteiger partial charge in [0.2, 0.25) is 5.95 Å². The molecule has 0 aliphatic heterocycles. The first-order chi connectivity index (χ1) is 8.78. The summed E-state index contributed by atoms with van der Waals surface area (Å²) >= 11 is 0. The fourth-order valence-corrected chi connectivity index (χ4v) is 1.94. The molecule has 5 nitrogen and oxygen atoms in total. The van der Waals surface area contributed by atoms with Crippen molar-refractivity contribution in [2.45, 2.75) is 0 Å². The second-order valence-corrected chi connectivity index (χ2v) is 3.89. The maximum atomic E-state index is 5.63. The van der Waals surface area contributed by atoms with Gasteiger partial charge in [0.15, 0.2) is 5.65 Å². The Kier molecular flexibility index (Phi) is 2.37. The second-order valence-electron chi connectivity index (χ2n) is 3.89. The number of hydrogen-bond acceptors (Lipinski definition) is 4. The van der Waals surface area contributed by atoms with Crippen LogP contribution in [-0.4, -0.2) is 21.7 Å². The minimum Gasteiger partial charge on any atom is -0.497 e. The summed E-state index contributed by atoms with van der Waals surface area (Å²) in [4.78, 5) is 4.23. The number of hydrogen-bond donors (Lipinski definition) is 1. The van der Waals surface area contributed by atoms with Crippen LogP contribution in [-0.2, 0) is 0 Å². The van der Waals surface area contributed by atoms with Crippen molar-refractivity contribution in [2.24, 2.45) is 0 Å². The number of rotatable bonds is 2. The van der Waals surface area contributed by atoms with Crippen molar-refractivity contribution in [1.82, 2.24) is 14.6 Å². The summed E-state index contributed by atoms with van der Waals surface area (Å²) in [7, 11) is 1.65. The summed E-state index contributed by atoms with van der Waals surface area (Å²) in [5.74, 6) is 1.08. The Bertz CT molecular complexity index is 705. The van der Waals surface area contributed by atoms with Gasteiger partial charge in [0.25, 0.3) is 0 Å². The molecule has 0 saturated heterocycles. The lowest BCUT2D eigenvalue weighted by atomic mass is 10.1. The van der Waals surface area contributed by atoms with Crippen LogP contribution in [0.4, 0.5) is 5.95 Å². The van der Waals surface area contributed by atoms with Crippen LogP contribution in [0.15, 0.2) is 42.6 Å². The third-order valence-electron chi connectivity index (χ3n) is 2.76. The van der Waals surface area contributed by atoms with Crippen molar-refractivity contribution in [2.75, 3.05) is 12.8 Å². The zero-order valence-electron chi connectivity index (χ0n) is 9.87. The zero-order valence-corrected chi connectivity index (χ0v) is 9.87. The van der Waals surface area contributed by atoms with E-state index in [1.54, 1.807) is 11.6 Å². The lowest BCUT2D eigenvalue weighted by Crippen LogP contribution is -1.90. The molecule has 0 radical (unpaired) electrons. The van der Waals surface area contributed by atoms with Crippen molar-refractivity contribution >= 4 is 11.6 Å². The number of fused-ring (bicyclic) bond motifs is 1. The molecule has 3 aromatic rings. The molecule has 0 spiro atoms. The number of aromatic nitrogens is 3. The Labute approximate surface area is 104 Å². The van der Waals surface area contributed by atoms with E-state index in [1.807, 2.05) is 42.6 Å².